The Balaban J connectivity index is 2.27. The number of allylic oxidation sites excluding steroid dienone is 6. The third kappa shape index (κ3) is 2.02. The molecule has 0 nitrogen and oxygen atoms in total. The van der Waals surface area contributed by atoms with Crippen molar-refractivity contribution in [3.63, 3.8) is 0 Å². The Morgan fingerprint density at radius 1 is 0.786 bits per heavy atom. The number of aryl methyl sites for hydroxylation is 1. The van der Waals surface area contributed by atoms with Gasteiger partial charge < -0.3 is 0 Å². The van der Waals surface area contributed by atoms with Crippen LogP contribution in [0.15, 0.2) is 60.7 Å². The quantitative estimate of drug-likeness (QED) is 0.620. The van der Waals surface area contributed by atoms with Crippen molar-refractivity contribution in [2.45, 2.75) is 12.8 Å². The summed E-state index contributed by atoms with van der Waals surface area (Å²) < 4.78 is 0. The molecule has 0 amide bonds. The number of hydrogen-bond acceptors (Lipinski definition) is 0. The summed E-state index contributed by atoms with van der Waals surface area (Å²) in [5.41, 5.74) is 2.67. The van der Waals surface area contributed by atoms with E-state index in [4.69, 9.17) is 0 Å². The van der Waals surface area contributed by atoms with Gasteiger partial charge in [0.25, 0.3) is 0 Å². The van der Waals surface area contributed by atoms with Crippen LogP contribution in [-0.4, -0.2) is 0 Å². The van der Waals surface area contributed by atoms with E-state index in [0.29, 0.717) is 5.92 Å². The van der Waals surface area contributed by atoms with Crippen molar-refractivity contribution >= 4 is 0 Å². The molecule has 1 aromatic rings. The third-order valence-electron chi connectivity index (χ3n) is 2.43. The largest absolute Gasteiger partial charge is 0.0732 e. The molecule has 0 bridgehead atoms. The minimum Gasteiger partial charge on any atom is -0.0732 e. The van der Waals surface area contributed by atoms with Gasteiger partial charge in [0.15, 0.2) is 0 Å². The molecule has 0 saturated heterocycles. The normalized spacial score (nSPS) is 15.8. The Morgan fingerprint density at radius 2 is 1.36 bits per heavy atom. The SMILES string of the molecule is Cc1ccc(C2C=CC=CC=C2)cc1. The predicted octanol–water partition coefficient (Wildman–Crippen LogP) is 3.76. The first kappa shape index (κ1) is 9.01. The van der Waals surface area contributed by atoms with E-state index in [1.165, 1.54) is 11.1 Å². The molecule has 1 aliphatic rings. The molecule has 0 N–H and O–H groups in total. The van der Waals surface area contributed by atoms with Crippen LogP contribution in [-0.2, 0) is 0 Å². The van der Waals surface area contributed by atoms with Gasteiger partial charge in [0.05, 0.1) is 0 Å². The van der Waals surface area contributed by atoms with Crippen LogP contribution in [0.1, 0.15) is 17.0 Å². The predicted molar refractivity (Wildman–Crippen MR) is 61.3 cm³/mol. The number of hydrogen-bond donors (Lipinski definition) is 0. The maximum absolute atomic E-state index is 2.21. The van der Waals surface area contributed by atoms with Crippen molar-refractivity contribution in [2.75, 3.05) is 0 Å². The summed E-state index contributed by atoms with van der Waals surface area (Å²) in [6.07, 6.45) is 12.7. The molecule has 1 aromatic carbocycles. The van der Waals surface area contributed by atoms with E-state index < -0.39 is 0 Å². The van der Waals surface area contributed by atoms with Gasteiger partial charge in [-0.15, -0.1) is 0 Å². The molecule has 0 unspecified atom stereocenters. The lowest BCUT2D eigenvalue weighted by Crippen LogP contribution is -1.90. The van der Waals surface area contributed by atoms with E-state index >= 15 is 0 Å². The van der Waals surface area contributed by atoms with Crippen molar-refractivity contribution in [3.8, 4) is 0 Å². The van der Waals surface area contributed by atoms with Crippen molar-refractivity contribution in [3.05, 3.63) is 71.8 Å². The monoisotopic (exact) mass is 182 g/mol. The molecule has 1 aliphatic carbocycles. The van der Waals surface area contributed by atoms with Gasteiger partial charge in [-0.1, -0.05) is 66.3 Å². The number of benzene rings is 1. The molecule has 0 saturated carbocycles. The average Bonchev–Trinajstić information content (AvgIpc) is 2.47. The van der Waals surface area contributed by atoms with E-state index in [2.05, 4.69) is 67.6 Å². The molecular weight excluding hydrogens is 168 g/mol. The Bertz CT molecular complexity index is 361. The summed E-state index contributed by atoms with van der Waals surface area (Å²) in [6, 6.07) is 8.71. The lowest BCUT2D eigenvalue weighted by atomic mass is 9.98. The fourth-order valence-electron chi connectivity index (χ4n) is 1.57. The summed E-state index contributed by atoms with van der Waals surface area (Å²) in [5.74, 6) is 0.422. The Labute approximate surface area is 85.3 Å². The molecule has 70 valence electrons. The second-order valence-electron chi connectivity index (χ2n) is 3.59. The van der Waals surface area contributed by atoms with Crippen molar-refractivity contribution in [2.24, 2.45) is 0 Å². The molecule has 0 spiro atoms. The van der Waals surface area contributed by atoms with Crippen molar-refractivity contribution in [1.82, 2.24) is 0 Å². The highest BCUT2D eigenvalue weighted by Crippen LogP contribution is 2.20. The molecule has 0 heterocycles. The van der Waals surface area contributed by atoms with Crippen LogP contribution >= 0.6 is 0 Å². The van der Waals surface area contributed by atoms with Crippen LogP contribution in [0.2, 0.25) is 0 Å². The maximum atomic E-state index is 2.21. The highest BCUT2D eigenvalue weighted by Gasteiger charge is 2.03. The van der Waals surface area contributed by atoms with E-state index in [-0.39, 0.29) is 0 Å². The zero-order valence-electron chi connectivity index (χ0n) is 8.35. The lowest BCUT2D eigenvalue weighted by molar-refractivity contribution is 1.08. The first-order chi connectivity index (χ1) is 6.86. The van der Waals surface area contributed by atoms with Crippen LogP contribution in [0, 0.1) is 6.92 Å². The van der Waals surface area contributed by atoms with E-state index in [0.717, 1.165) is 0 Å². The minimum absolute atomic E-state index is 0.422. The van der Waals surface area contributed by atoms with Crippen LogP contribution < -0.4 is 0 Å². The summed E-state index contributed by atoms with van der Waals surface area (Å²) in [7, 11) is 0. The number of rotatable bonds is 1. The highest BCUT2D eigenvalue weighted by molar-refractivity contribution is 5.34. The summed E-state index contributed by atoms with van der Waals surface area (Å²) >= 11 is 0. The van der Waals surface area contributed by atoms with Gasteiger partial charge in [-0.2, -0.15) is 0 Å². The second-order valence-corrected chi connectivity index (χ2v) is 3.59. The highest BCUT2D eigenvalue weighted by atomic mass is 14.1. The Morgan fingerprint density at radius 3 is 1.93 bits per heavy atom. The fraction of sp³-hybridized carbons (Fsp3) is 0.143. The zero-order valence-corrected chi connectivity index (χ0v) is 8.35. The van der Waals surface area contributed by atoms with Gasteiger partial charge in [0.1, 0.15) is 0 Å². The van der Waals surface area contributed by atoms with E-state index in [1.807, 2.05) is 0 Å². The van der Waals surface area contributed by atoms with Gasteiger partial charge in [0.2, 0.25) is 0 Å². The standard InChI is InChI=1S/C14H14/c1-12-8-10-14(11-9-12)13-6-4-2-3-5-7-13/h2-11,13H,1H3. The Kier molecular flexibility index (Phi) is 2.64. The van der Waals surface area contributed by atoms with Crippen LogP contribution in [0.25, 0.3) is 0 Å². The summed E-state index contributed by atoms with van der Waals surface area (Å²) in [6.45, 7) is 2.12. The third-order valence-corrected chi connectivity index (χ3v) is 2.43. The van der Waals surface area contributed by atoms with Crippen molar-refractivity contribution in [1.29, 1.82) is 0 Å². The molecule has 0 fully saturated rings. The topological polar surface area (TPSA) is 0 Å². The van der Waals surface area contributed by atoms with Gasteiger partial charge in [-0.05, 0) is 12.5 Å². The maximum Gasteiger partial charge on any atom is 0.0204 e. The van der Waals surface area contributed by atoms with Crippen LogP contribution in [0.5, 0.6) is 0 Å². The summed E-state index contributed by atoms with van der Waals surface area (Å²) in [5, 5.41) is 0. The van der Waals surface area contributed by atoms with Gasteiger partial charge in [-0.25, -0.2) is 0 Å². The van der Waals surface area contributed by atoms with Crippen molar-refractivity contribution < 1.29 is 0 Å². The molecular formula is C14H14. The molecule has 14 heavy (non-hydrogen) atoms. The first-order valence-corrected chi connectivity index (χ1v) is 4.94. The van der Waals surface area contributed by atoms with Gasteiger partial charge in [-0.3, -0.25) is 0 Å². The fourth-order valence-corrected chi connectivity index (χ4v) is 1.57. The minimum atomic E-state index is 0.422. The molecule has 2 rings (SSSR count). The second kappa shape index (κ2) is 4.10. The molecule has 0 radical (unpaired) electrons. The van der Waals surface area contributed by atoms with Crippen LogP contribution in [0.3, 0.4) is 0 Å². The zero-order chi connectivity index (χ0) is 9.80. The molecule has 0 aromatic heterocycles. The molecule has 0 heteroatoms. The summed E-state index contributed by atoms with van der Waals surface area (Å²) in [4.78, 5) is 0. The lowest BCUT2D eigenvalue weighted by Gasteiger charge is -2.07. The smallest absolute Gasteiger partial charge is 0.0204 e. The van der Waals surface area contributed by atoms with E-state index in [9.17, 15) is 0 Å². The average molecular weight is 182 g/mol. The van der Waals surface area contributed by atoms with Gasteiger partial charge in [0, 0.05) is 5.92 Å². The molecule has 0 aliphatic heterocycles. The first-order valence-electron chi connectivity index (χ1n) is 4.94. The molecule has 0 atom stereocenters. The van der Waals surface area contributed by atoms with Gasteiger partial charge >= 0.3 is 0 Å². The van der Waals surface area contributed by atoms with Crippen LogP contribution in [0.4, 0.5) is 0 Å². The Hall–Kier alpha value is -1.56. The van der Waals surface area contributed by atoms with E-state index in [1.54, 1.807) is 0 Å².